The van der Waals surface area contributed by atoms with E-state index >= 15 is 0 Å². The Hall–Kier alpha value is -1.49. The van der Waals surface area contributed by atoms with Gasteiger partial charge in [-0.3, -0.25) is 4.98 Å². The molecule has 0 amide bonds. The zero-order valence-electron chi connectivity index (χ0n) is 13.0. The lowest BCUT2D eigenvalue weighted by molar-refractivity contribution is -0.206. The first-order chi connectivity index (χ1) is 11.2. The van der Waals surface area contributed by atoms with Gasteiger partial charge in [-0.1, -0.05) is 37.1 Å². The van der Waals surface area contributed by atoms with Crippen molar-refractivity contribution < 1.29 is 13.9 Å². The lowest BCUT2D eigenvalue weighted by Gasteiger charge is -2.29. The summed E-state index contributed by atoms with van der Waals surface area (Å²) in [6.07, 6.45) is 3.60. The van der Waals surface area contributed by atoms with Crippen molar-refractivity contribution in [2.24, 2.45) is 5.92 Å². The Morgan fingerprint density at radius 2 is 2.00 bits per heavy atom. The van der Waals surface area contributed by atoms with E-state index in [2.05, 4.69) is 11.9 Å². The summed E-state index contributed by atoms with van der Waals surface area (Å²) in [6.45, 7) is 3.58. The van der Waals surface area contributed by atoms with Gasteiger partial charge in [-0.15, -0.1) is 0 Å². The van der Waals surface area contributed by atoms with Gasteiger partial charge < -0.3 is 9.47 Å². The monoisotopic (exact) mass is 335 g/mol. The SMILES string of the molecule is CCC[C@H]1CO[C@H](c2ccc(-c3ccc(Cl)c(F)c3)nc2)OC1. The first-order valence-corrected chi connectivity index (χ1v) is 8.19. The van der Waals surface area contributed by atoms with E-state index in [9.17, 15) is 4.39 Å². The molecule has 1 saturated heterocycles. The highest BCUT2D eigenvalue weighted by molar-refractivity contribution is 6.30. The zero-order chi connectivity index (χ0) is 16.2. The van der Waals surface area contributed by atoms with Crippen LogP contribution in [0.3, 0.4) is 0 Å². The van der Waals surface area contributed by atoms with Crippen LogP contribution in [-0.2, 0) is 9.47 Å². The topological polar surface area (TPSA) is 31.4 Å². The Kier molecular flexibility index (Phi) is 5.26. The van der Waals surface area contributed by atoms with Crippen molar-refractivity contribution >= 4 is 11.6 Å². The Bertz CT molecular complexity index is 655. The predicted octanol–water partition coefficient (Wildman–Crippen LogP) is 5.00. The van der Waals surface area contributed by atoms with Crippen LogP contribution in [-0.4, -0.2) is 18.2 Å². The van der Waals surface area contributed by atoms with Gasteiger partial charge >= 0.3 is 0 Å². The van der Waals surface area contributed by atoms with Crippen LogP contribution in [0, 0.1) is 11.7 Å². The van der Waals surface area contributed by atoms with Gasteiger partial charge in [0.1, 0.15) is 5.82 Å². The number of hydrogen-bond acceptors (Lipinski definition) is 3. The van der Waals surface area contributed by atoms with Gasteiger partial charge in [0.15, 0.2) is 6.29 Å². The fourth-order valence-corrected chi connectivity index (χ4v) is 2.80. The molecule has 1 aliphatic rings. The second-order valence-electron chi connectivity index (χ2n) is 5.76. The van der Waals surface area contributed by atoms with Crippen LogP contribution in [0.5, 0.6) is 0 Å². The number of rotatable bonds is 4. The molecule has 23 heavy (non-hydrogen) atoms. The summed E-state index contributed by atoms with van der Waals surface area (Å²) < 4.78 is 25.1. The lowest BCUT2D eigenvalue weighted by atomic mass is 10.1. The van der Waals surface area contributed by atoms with Gasteiger partial charge in [0.25, 0.3) is 0 Å². The van der Waals surface area contributed by atoms with E-state index in [1.807, 2.05) is 12.1 Å². The van der Waals surface area contributed by atoms with Crippen LogP contribution in [0.15, 0.2) is 36.5 Å². The minimum atomic E-state index is -0.448. The Balaban J connectivity index is 1.69. The number of pyridine rings is 1. The number of benzene rings is 1. The first kappa shape index (κ1) is 16.4. The zero-order valence-corrected chi connectivity index (χ0v) is 13.7. The van der Waals surface area contributed by atoms with E-state index in [0.717, 1.165) is 18.4 Å². The van der Waals surface area contributed by atoms with E-state index in [-0.39, 0.29) is 11.3 Å². The smallest absolute Gasteiger partial charge is 0.185 e. The van der Waals surface area contributed by atoms with Gasteiger partial charge in [0.2, 0.25) is 0 Å². The van der Waals surface area contributed by atoms with Gasteiger partial charge in [0, 0.05) is 23.2 Å². The number of nitrogens with zero attached hydrogens (tertiary/aromatic N) is 1. The molecule has 3 rings (SSSR count). The average Bonchev–Trinajstić information content (AvgIpc) is 2.59. The predicted molar refractivity (Wildman–Crippen MR) is 87.7 cm³/mol. The fourth-order valence-electron chi connectivity index (χ4n) is 2.68. The van der Waals surface area contributed by atoms with Crippen molar-refractivity contribution in [1.29, 1.82) is 0 Å². The molecule has 1 aliphatic heterocycles. The standard InChI is InChI=1S/C18H19ClFNO2/c1-2-3-12-10-22-18(23-11-12)14-5-7-17(21-9-14)13-4-6-15(19)16(20)8-13/h4-9,12,18H,2-3,10-11H2,1H3/t12-,18-. The molecule has 0 N–H and O–H groups in total. The molecule has 122 valence electrons. The van der Waals surface area contributed by atoms with Crippen LogP contribution in [0.1, 0.15) is 31.6 Å². The molecule has 0 aliphatic carbocycles. The highest BCUT2D eigenvalue weighted by Crippen LogP contribution is 2.28. The van der Waals surface area contributed by atoms with Crippen molar-refractivity contribution in [3.8, 4) is 11.3 Å². The molecule has 0 atom stereocenters. The van der Waals surface area contributed by atoms with Crippen LogP contribution in [0.25, 0.3) is 11.3 Å². The summed E-state index contributed by atoms with van der Waals surface area (Å²) in [4.78, 5) is 4.38. The van der Waals surface area contributed by atoms with Crippen molar-refractivity contribution in [2.75, 3.05) is 13.2 Å². The molecule has 0 bridgehead atoms. The molecule has 0 unspecified atom stereocenters. The van der Waals surface area contributed by atoms with E-state index < -0.39 is 5.82 Å². The van der Waals surface area contributed by atoms with E-state index in [4.69, 9.17) is 21.1 Å². The second kappa shape index (κ2) is 7.39. The van der Waals surface area contributed by atoms with Gasteiger partial charge in [-0.05, 0) is 24.6 Å². The molecule has 2 heterocycles. The van der Waals surface area contributed by atoms with Crippen LogP contribution >= 0.6 is 11.6 Å². The van der Waals surface area contributed by atoms with Crippen molar-refractivity contribution in [2.45, 2.75) is 26.1 Å². The van der Waals surface area contributed by atoms with Crippen LogP contribution < -0.4 is 0 Å². The quantitative estimate of drug-likeness (QED) is 0.787. The molecular weight excluding hydrogens is 317 g/mol. The number of halogens is 2. The van der Waals surface area contributed by atoms with Crippen LogP contribution in [0.4, 0.5) is 4.39 Å². The number of hydrogen-bond donors (Lipinski definition) is 0. The third kappa shape index (κ3) is 3.89. The van der Waals surface area contributed by atoms with Crippen molar-refractivity contribution in [1.82, 2.24) is 4.98 Å². The molecule has 0 radical (unpaired) electrons. The molecule has 5 heteroatoms. The van der Waals surface area contributed by atoms with E-state index in [1.165, 1.54) is 12.1 Å². The summed E-state index contributed by atoms with van der Waals surface area (Å²) >= 11 is 5.70. The third-order valence-corrected chi connectivity index (χ3v) is 4.24. The normalized spacial score (nSPS) is 21.3. The molecule has 2 aromatic rings. The first-order valence-electron chi connectivity index (χ1n) is 7.82. The number of ether oxygens (including phenoxy) is 2. The average molecular weight is 336 g/mol. The maximum atomic E-state index is 13.5. The maximum Gasteiger partial charge on any atom is 0.185 e. The summed E-state index contributed by atoms with van der Waals surface area (Å²) in [5.41, 5.74) is 2.24. The van der Waals surface area contributed by atoms with Gasteiger partial charge in [0.05, 0.1) is 23.9 Å². The Labute approximate surface area is 140 Å². The Morgan fingerprint density at radius 1 is 1.22 bits per heavy atom. The lowest BCUT2D eigenvalue weighted by Crippen LogP contribution is -2.27. The van der Waals surface area contributed by atoms with Gasteiger partial charge in [-0.25, -0.2) is 4.39 Å². The fraction of sp³-hybridized carbons (Fsp3) is 0.389. The largest absolute Gasteiger partial charge is 0.348 e. The molecule has 1 aromatic carbocycles. The second-order valence-corrected chi connectivity index (χ2v) is 6.17. The highest BCUT2D eigenvalue weighted by atomic mass is 35.5. The summed E-state index contributed by atoms with van der Waals surface area (Å²) in [5, 5.41) is 0.107. The molecule has 0 spiro atoms. The third-order valence-electron chi connectivity index (χ3n) is 3.94. The molecular formula is C18H19ClFNO2. The van der Waals surface area contributed by atoms with Crippen LogP contribution in [0.2, 0.25) is 5.02 Å². The van der Waals surface area contributed by atoms with E-state index in [1.54, 1.807) is 12.3 Å². The van der Waals surface area contributed by atoms with Crippen molar-refractivity contribution in [3.63, 3.8) is 0 Å². The maximum absolute atomic E-state index is 13.5. The highest BCUT2D eigenvalue weighted by Gasteiger charge is 2.23. The minimum Gasteiger partial charge on any atom is -0.348 e. The van der Waals surface area contributed by atoms with Gasteiger partial charge in [-0.2, -0.15) is 0 Å². The minimum absolute atomic E-state index is 0.107. The molecule has 3 nitrogen and oxygen atoms in total. The van der Waals surface area contributed by atoms with Crippen molar-refractivity contribution in [3.05, 3.63) is 52.9 Å². The summed E-state index contributed by atoms with van der Waals surface area (Å²) in [6, 6.07) is 8.40. The summed E-state index contributed by atoms with van der Waals surface area (Å²) in [5.74, 6) is 0.0245. The molecule has 0 saturated carbocycles. The Morgan fingerprint density at radius 3 is 2.61 bits per heavy atom. The van der Waals surface area contributed by atoms with E-state index in [0.29, 0.717) is 30.4 Å². The molecule has 1 aromatic heterocycles. The molecule has 1 fully saturated rings. The number of aromatic nitrogens is 1. The summed E-state index contributed by atoms with van der Waals surface area (Å²) in [7, 11) is 0.